The van der Waals surface area contributed by atoms with Crippen molar-refractivity contribution in [1.29, 1.82) is 26.3 Å². The van der Waals surface area contributed by atoms with Gasteiger partial charge in [0.15, 0.2) is 0 Å². The van der Waals surface area contributed by atoms with Crippen LogP contribution >= 0.6 is 0 Å². The number of hydrogen-bond donors (Lipinski definition) is 0. The molecule has 228 valence electrons. The third-order valence-corrected chi connectivity index (χ3v) is 7.07. The monoisotopic (exact) mass is 637 g/mol. The fourth-order valence-corrected chi connectivity index (χ4v) is 5.32. The fourth-order valence-electron chi connectivity index (χ4n) is 5.32. The van der Waals surface area contributed by atoms with Crippen LogP contribution in [0.25, 0.3) is 39.0 Å². The average Bonchev–Trinajstić information content (AvgIpc) is 3.33. The van der Waals surface area contributed by atoms with Crippen LogP contribution in [0.3, 0.4) is 0 Å². The van der Waals surface area contributed by atoms with E-state index in [0.717, 1.165) is 12.1 Å². The molecule has 4 aromatic rings. The molecular weight excluding hydrogens is 624 g/mol. The molecule has 0 saturated heterocycles. The SMILES string of the molecule is CC(C#N)=C1c2cc(OC(F)(F)F)c(-c3cc(C#N)cc(C#N)c3)cc2-c2cc(-c3cc(C#N)cc(C#N)c3)c(OC(F)(F)F)cc21. The van der Waals surface area contributed by atoms with Gasteiger partial charge in [0.25, 0.3) is 0 Å². The first kappa shape index (κ1) is 31.7. The Bertz CT molecular complexity index is 2040. The van der Waals surface area contributed by atoms with E-state index in [2.05, 4.69) is 9.47 Å². The number of alkyl halides is 6. The molecule has 13 heteroatoms. The normalized spacial score (nSPS) is 11.6. The molecule has 0 aromatic heterocycles. The van der Waals surface area contributed by atoms with Crippen LogP contribution in [0.5, 0.6) is 11.5 Å². The molecule has 0 bridgehead atoms. The van der Waals surface area contributed by atoms with Crippen LogP contribution < -0.4 is 9.47 Å². The molecule has 5 rings (SSSR count). The second kappa shape index (κ2) is 11.6. The Labute approximate surface area is 262 Å². The molecule has 1 aliphatic carbocycles. The summed E-state index contributed by atoms with van der Waals surface area (Å²) in [5, 5.41) is 47.7. The van der Waals surface area contributed by atoms with Crippen LogP contribution in [-0.4, -0.2) is 12.7 Å². The molecule has 0 radical (unpaired) electrons. The number of hydrogen-bond acceptors (Lipinski definition) is 7. The highest BCUT2D eigenvalue weighted by atomic mass is 19.4. The molecule has 0 saturated carbocycles. The van der Waals surface area contributed by atoms with Gasteiger partial charge in [-0.15, -0.1) is 26.3 Å². The Hall–Kier alpha value is -6.75. The molecule has 1 aliphatic rings. The van der Waals surface area contributed by atoms with Gasteiger partial charge in [-0.3, -0.25) is 0 Å². The maximum Gasteiger partial charge on any atom is 0.573 e. The Morgan fingerprint density at radius 3 is 1.11 bits per heavy atom. The quantitative estimate of drug-likeness (QED) is 0.142. The van der Waals surface area contributed by atoms with Crippen molar-refractivity contribution in [3.63, 3.8) is 0 Å². The second-order valence-electron chi connectivity index (χ2n) is 10.0. The highest BCUT2D eigenvalue weighted by Crippen LogP contribution is 2.53. The summed E-state index contributed by atoms with van der Waals surface area (Å²) >= 11 is 0. The van der Waals surface area contributed by atoms with Gasteiger partial charge in [-0.05, 0) is 101 Å². The molecule has 0 amide bonds. The van der Waals surface area contributed by atoms with Gasteiger partial charge in [0, 0.05) is 22.3 Å². The summed E-state index contributed by atoms with van der Waals surface area (Å²) in [5.74, 6) is -1.53. The van der Waals surface area contributed by atoms with E-state index in [4.69, 9.17) is 0 Å². The Balaban J connectivity index is 1.91. The molecule has 0 N–H and O–H groups in total. The van der Waals surface area contributed by atoms with Crippen molar-refractivity contribution in [2.24, 2.45) is 0 Å². The predicted molar refractivity (Wildman–Crippen MR) is 152 cm³/mol. The van der Waals surface area contributed by atoms with E-state index in [9.17, 15) is 52.7 Å². The van der Waals surface area contributed by atoms with Crippen molar-refractivity contribution in [1.82, 2.24) is 0 Å². The lowest BCUT2D eigenvalue weighted by atomic mass is 9.93. The van der Waals surface area contributed by atoms with E-state index in [0.29, 0.717) is 0 Å². The Morgan fingerprint density at radius 1 is 0.489 bits per heavy atom. The van der Waals surface area contributed by atoms with E-state index in [1.54, 1.807) is 0 Å². The molecule has 7 nitrogen and oxygen atoms in total. The van der Waals surface area contributed by atoms with Crippen LogP contribution in [0.2, 0.25) is 0 Å². The van der Waals surface area contributed by atoms with Crippen molar-refractivity contribution in [2.75, 3.05) is 0 Å². The summed E-state index contributed by atoms with van der Waals surface area (Å²) in [7, 11) is 0. The molecule has 0 unspecified atom stereocenters. The molecule has 0 aliphatic heterocycles. The highest BCUT2D eigenvalue weighted by Gasteiger charge is 2.37. The first-order chi connectivity index (χ1) is 22.2. The van der Waals surface area contributed by atoms with Gasteiger partial charge < -0.3 is 9.47 Å². The lowest BCUT2D eigenvalue weighted by Gasteiger charge is -2.17. The summed E-state index contributed by atoms with van der Waals surface area (Å²) in [5.41, 5.74) is -0.289. The molecular formula is C34H13F6N5O2. The van der Waals surface area contributed by atoms with Crippen molar-refractivity contribution < 1.29 is 35.8 Å². The fraction of sp³-hybridized carbons (Fsp3) is 0.0882. The van der Waals surface area contributed by atoms with Crippen LogP contribution in [0.4, 0.5) is 26.3 Å². The number of ether oxygens (including phenoxy) is 2. The largest absolute Gasteiger partial charge is 0.573 e. The third-order valence-electron chi connectivity index (χ3n) is 7.07. The molecule has 0 atom stereocenters. The van der Waals surface area contributed by atoms with Crippen LogP contribution in [0.1, 0.15) is 40.3 Å². The number of benzene rings is 4. The molecule has 0 spiro atoms. The number of allylic oxidation sites excluding steroid dienone is 1. The van der Waals surface area contributed by atoms with Gasteiger partial charge in [-0.1, -0.05) is 0 Å². The van der Waals surface area contributed by atoms with Gasteiger partial charge >= 0.3 is 12.7 Å². The first-order valence-corrected chi connectivity index (χ1v) is 13.1. The molecule has 0 heterocycles. The summed E-state index contributed by atoms with van der Waals surface area (Å²) in [4.78, 5) is 0. The van der Waals surface area contributed by atoms with E-state index >= 15 is 0 Å². The summed E-state index contributed by atoms with van der Waals surface area (Å²) in [6.07, 6.45) is -10.4. The summed E-state index contributed by atoms with van der Waals surface area (Å²) in [6, 6.07) is 21.1. The predicted octanol–water partition coefficient (Wildman–Crippen LogP) is 8.63. The Morgan fingerprint density at radius 2 is 0.830 bits per heavy atom. The topological polar surface area (TPSA) is 137 Å². The number of nitrogens with zero attached hydrogens (tertiary/aromatic N) is 5. The van der Waals surface area contributed by atoms with E-state index in [-0.39, 0.29) is 77.9 Å². The number of nitriles is 5. The zero-order valence-corrected chi connectivity index (χ0v) is 23.6. The number of fused-ring (bicyclic) bond motifs is 3. The number of halogens is 6. The lowest BCUT2D eigenvalue weighted by Crippen LogP contribution is -2.18. The van der Waals surface area contributed by atoms with Gasteiger partial charge in [0.2, 0.25) is 0 Å². The first-order valence-electron chi connectivity index (χ1n) is 13.1. The maximum absolute atomic E-state index is 13.7. The Kier molecular flexibility index (Phi) is 7.84. The standard InChI is InChI=1S/C34H13F6N5O2/c1-17(12-41)32-28-10-30(46-33(35,36)37)24(22-4-18(13-42)2-19(5-22)14-43)8-26(28)27-9-25(31(11-29(27)32)47-34(38,39)40)23-6-20(15-44)3-21(7-23)16-45/h2-11H,1H3. The highest BCUT2D eigenvalue weighted by molar-refractivity contribution is 6.06. The second-order valence-corrected chi connectivity index (χ2v) is 10.0. The van der Waals surface area contributed by atoms with E-state index in [1.165, 1.54) is 55.5 Å². The minimum absolute atomic E-state index is 0.00151. The van der Waals surface area contributed by atoms with Crippen molar-refractivity contribution in [2.45, 2.75) is 19.6 Å². The minimum atomic E-state index is -5.21. The lowest BCUT2D eigenvalue weighted by molar-refractivity contribution is -0.275. The van der Waals surface area contributed by atoms with Gasteiger partial charge in [0.05, 0.1) is 52.6 Å². The average molecular weight is 637 g/mol. The summed E-state index contributed by atoms with van der Waals surface area (Å²) < 4.78 is 90.8. The van der Waals surface area contributed by atoms with Gasteiger partial charge in [-0.2, -0.15) is 26.3 Å². The van der Waals surface area contributed by atoms with Crippen molar-refractivity contribution in [3.05, 3.63) is 99.6 Å². The van der Waals surface area contributed by atoms with Crippen molar-refractivity contribution >= 4 is 5.57 Å². The van der Waals surface area contributed by atoms with Crippen LogP contribution in [-0.2, 0) is 0 Å². The molecule has 0 fully saturated rings. The van der Waals surface area contributed by atoms with Gasteiger partial charge in [0.1, 0.15) is 11.5 Å². The van der Waals surface area contributed by atoms with E-state index < -0.39 is 24.2 Å². The minimum Gasteiger partial charge on any atom is -0.405 e. The number of rotatable bonds is 4. The van der Waals surface area contributed by atoms with Crippen LogP contribution in [0.15, 0.2) is 66.2 Å². The zero-order chi connectivity index (χ0) is 34.3. The third kappa shape index (κ3) is 6.26. The zero-order valence-electron chi connectivity index (χ0n) is 23.6. The summed E-state index contributed by atoms with van der Waals surface area (Å²) in [6.45, 7) is 1.33. The van der Waals surface area contributed by atoms with E-state index in [1.807, 2.05) is 30.3 Å². The molecule has 47 heavy (non-hydrogen) atoms. The van der Waals surface area contributed by atoms with Crippen molar-refractivity contribution in [3.8, 4) is 75.2 Å². The maximum atomic E-state index is 13.7. The van der Waals surface area contributed by atoms with Crippen LogP contribution in [0, 0.1) is 56.7 Å². The smallest absolute Gasteiger partial charge is 0.405 e. The van der Waals surface area contributed by atoms with Gasteiger partial charge in [-0.25, -0.2) is 0 Å². The molecule has 4 aromatic carbocycles.